The molecule has 2 aliphatic rings. The number of hydrogen-bond acceptors (Lipinski definition) is 4. The fraction of sp³-hybridized carbons (Fsp3) is 0.714. The van der Waals surface area contributed by atoms with E-state index in [1.165, 1.54) is 12.8 Å². The van der Waals surface area contributed by atoms with Gasteiger partial charge in [-0.15, -0.1) is 0 Å². The molecule has 20 heavy (non-hydrogen) atoms. The summed E-state index contributed by atoms with van der Waals surface area (Å²) in [6, 6.07) is 0.542. The average Bonchev–Trinajstić information content (AvgIpc) is 3.27. The van der Waals surface area contributed by atoms with Gasteiger partial charge in [-0.2, -0.15) is 5.10 Å². The van der Waals surface area contributed by atoms with Gasteiger partial charge < -0.3 is 10.2 Å². The van der Waals surface area contributed by atoms with Gasteiger partial charge >= 0.3 is 0 Å². The van der Waals surface area contributed by atoms with Crippen LogP contribution in [0.1, 0.15) is 25.7 Å². The highest BCUT2D eigenvalue weighted by atomic mass is 35.5. The van der Waals surface area contributed by atoms with E-state index < -0.39 is 0 Å². The highest BCUT2D eigenvalue weighted by Gasteiger charge is 2.26. The maximum atomic E-state index is 12.6. The molecule has 110 valence electrons. The topological polar surface area (TPSA) is 50.2 Å². The molecule has 1 aliphatic carbocycles. The van der Waals surface area contributed by atoms with Crippen LogP contribution in [0, 0.1) is 5.92 Å². The Bertz CT molecular complexity index is 532. The number of anilines is 1. The predicted molar refractivity (Wildman–Crippen MR) is 80.5 cm³/mol. The van der Waals surface area contributed by atoms with Crippen LogP contribution in [0.5, 0.6) is 0 Å². The van der Waals surface area contributed by atoms with E-state index in [1.54, 1.807) is 10.9 Å². The zero-order chi connectivity index (χ0) is 14.1. The first kappa shape index (κ1) is 13.9. The molecule has 5 nitrogen and oxygen atoms in total. The van der Waals surface area contributed by atoms with E-state index in [4.69, 9.17) is 11.6 Å². The number of nitrogens with one attached hydrogen (secondary N) is 1. The lowest BCUT2D eigenvalue weighted by Crippen LogP contribution is -2.44. The molecule has 1 saturated carbocycles. The molecule has 1 saturated heterocycles. The Morgan fingerprint density at radius 1 is 1.35 bits per heavy atom. The molecular weight excluding hydrogens is 276 g/mol. The van der Waals surface area contributed by atoms with Gasteiger partial charge in [0.2, 0.25) is 0 Å². The molecule has 2 fully saturated rings. The van der Waals surface area contributed by atoms with E-state index in [-0.39, 0.29) is 5.56 Å². The Kier molecular flexibility index (Phi) is 3.98. The van der Waals surface area contributed by atoms with Gasteiger partial charge in [0.05, 0.1) is 11.2 Å². The third-order valence-corrected chi connectivity index (χ3v) is 4.60. The van der Waals surface area contributed by atoms with Gasteiger partial charge in [-0.3, -0.25) is 4.79 Å². The molecule has 1 N–H and O–H groups in total. The first-order valence-corrected chi connectivity index (χ1v) is 7.74. The number of hydrogen-bond donors (Lipinski definition) is 1. The van der Waals surface area contributed by atoms with Crippen molar-refractivity contribution in [2.45, 2.75) is 38.3 Å². The summed E-state index contributed by atoms with van der Waals surface area (Å²) in [6.07, 6.45) is 6.11. The molecule has 1 aliphatic heterocycles. The second kappa shape index (κ2) is 5.74. The molecule has 1 aromatic heterocycles. The Labute approximate surface area is 123 Å². The van der Waals surface area contributed by atoms with Crippen LogP contribution in [0.4, 0.5) is 5.69 Å². The van der Waals surface area contributed by atoms with Crippen molar-refractivity contribution in [3.05, 3.63) is 21.6 Å². The number of aromatic nitrogens is 2. The van der Waals surface area contributed by atoms with Crippen molar-refractivity contribution in [3.63, 3.8) is 0 Å². The lowest BCUT2D eigenvalue weighted by molar-refractivity contribution is 0.439. The predicted octanol–water partition coefficient (Wildman–Crippen LogP) is 1.49. The smallest absolute Gasteiger partial charge is 0.291 e. The lowest BCUT2D eigenvalue weighted by atomic mass is 10.1. The number of piperidine rings is 1. The van der Waals surface area contributed by atoms with Crippen LogP contribution in [0.15, 0.2) is 11.0 Å². The minimum Gasteiger partial charge on any atom is -0.366 e. The van der Waals surface area contributed by atoms with Crippen molar-refractivity contribution in [1.29, 1.82) is 0 Å². The van der Waals surface area contributed by atoms with E-state index >= 15 is 0 Å². The van der Waals surface area contributed by atoms with Crippen LogP contribution in [-0.4, -0.2) is 36.0 Å². The summed E-state index contributed by atoms with van der Waals surface area (Å²) in [4.78, 5) is 14.7. The molecule has 0 unspecified atom stereocenters. The Morgan fingerprint density at radius 3 is 2.65 bits per heavy atom. The van der Waals surface area contributed by atoms with Crippen molar-refractivity contribution in [1.82, 2.24) is 15.1 Å². The summed E-state index contributed by atoms with van der Waals surface area (Å²) < 4.78 is 1.59. The van der Waals surface area contributed by atoms with E-state index in [9.17, 15) is 4.79 Å². The van der Waals surface area contributed by atoms with Crippen molar-refractivity contribution >= 4 is 17.3 Å². The summed E-state index contributed by atoms with van der Waals surface area (Å²) in [5.74, 6) is 0.629. The van der Waals surface area contributed by atoms with E-state index in [2.05, 4.69) is 15.3 Å². The number of halogens is 1. The Balaban J connectivity index is 1.82. The van der Waals surface area contributed by atoms with Crippen molar-refractivity contribution < 1.29 is 0 Å². The minimum atomic E-state index is -0.0349. The van der Waals surface area contributed by atoms with Gasteiger partial charge in [-0.05, 0) is 38.6 Å². The summed E-state index contributed by atoms with van der Waals surface area (Å²) in [5, 5.41) is 7.95. The fourth-order valence-electron chi connectivity index (χ4n) is 2.81. The minimum absolute atomic E-state index is 0.0349. The zero-order valence-corrected chi connectivity index (χ0v) is 12.6. The molecule has 2 heterocycles. The molecule has 0 atom stereocenters. The molecule has 6 heteroatoms. The van der Waals surface area contributed by atoms with Gasteiger partial charge in [-0.1, -0.05) is 11.6 Å². The van der Waals surface area contributed by atoms with Crippen molar-refractivity contribution in [3.8, 4) is 0 Å². The van der Waals surface area contributed by atoms with Crippen LogP contribution in [-0.2, 0) is 6.54 Å². The highest BCUT2D eigenvalue weighted by Crippen LogP contribution is 2.30. The van der Waals surface area contributed by atoms with E-state index in [0.29, 0.717) is 22.7 Å². The first-order chi connectivity index (χ1) is 9.69. The average molecular weight is 297 g/mol. The normalized spacial score (nSPS) is 20.4. The second-order valence-electron chi connectivity index (χ2n) is 5.82. The molecule has 1 aromatic rings. The van der Waals surface area contributed by atoms with Crippen LogP contribution in [0.3, 0.4) is 0 Å². The van der Waals surface area contributed by atoms with Crippen molar-refractivity contribution in [2.75, 3.05) is 25.0 Å². The summed E-state index contributed by atoms with van der Waals surface area (Å²) >= 11 is 6.22. The number of nitrogens with zero attached hydrogens (tertiary/aromatic N) is 3. The first-order valence-electron chi connectivity index (χ1n) is 7.37. The standard InChI is InChI=1S/C14H21ClN4O/c1-16-11-4-6-18(7-5-11)13-12(15)8-17-19(14(13)20)9-10-2-3-10/h8,10-11,16H,2-7,9H2,1H3. The summed E-state index contributed by atoms with van der Waals surface area (Å²) in [6.45, 7) is 2.47. The van der Waals surface area contributed by atoms with Gasteiger partial charge in [0.15, 0.2) is 0 Å². The largest absolute Gasteiger partial charge is 0.366 e. The monoisotopic (exact) mass is 296 g/mol. The lowest BCUT2D eigenvalue weighted by Gasteiger charge is -2.33. The van der Waals surface area contributed by atoms with Crippen LogP contribution in [0.2, 0.25) is 5.02 Å². The van der Waals surface area contributed by atoms with Gasteiger partial charge in [0, 0.05) is 25.7 Å². The van der Waals surface area contributed by atoms with Gasteiger partial charge in [0.25, 0.3) is 5.56 Å². The molecule has 0 spiro atoms. The quantitative estimate of drug-likeness (QED) is 0.915. The second-order valence-corrected chi connectivity index (χ2v) is 6.23. The summed E-state index contributed by atoms with van der Waals surface area (Å²) in [5.41, 5.74) is 0.601. The van der Waals surface area contributed by atoms with Crippen molar-refractivity contribution in [2.24, 2.45) is 5.92 Å². The zero-order valence-electron chi connectivity index (χ0n) is 11.8. The number of rotatable bonds is 4. The third-order valence-electron chi connectivity index (χ3n) is 4.32. The maximum Gasteiger partial charge on any atom is 0.291 e. The molecule has 0 amide bonds. The van der Waals surface area contributed by atoms with Gasteiger partial charge in [0.1, 0.15) is 5.69 Å². The van der Waals surface area contributed by atoms with Crippen LogP contribution in [0.25, 0.3) is 0 Å². The maximum absolute atomic E-state index is 12.6. The van der Waals surface area contributed by atoms with E-state index in [1.807, 2.05) is 7.05 Å². The molecular formula is C14H21ClN4O. The van der Waals surface area contributed by atoms with E-state index in [0.717, 1.165) is 32.5 Å². The highest BCUT2D eigenvalue weighted by molar-refractivity contribution is 6.33. The molecule has 3 rings (SSSR count). The summed E-state index contributed by atoms with van der Waals surface area (Å²) in [7, 11) is 1.99. The van der Waals surface area contributed by atoms with Crippen LogP contribution >= 0.6 is 11.6 Å². The fourth-order valence-corrected chi connectivity index (χ4v) is 3.06. The van der Waals surface area contributed by atoms with Gasteiger partial charge in [-0.25, -0.2) is 4.68 Å². The SMILES string of the molecule is CNC1CCN(c2c(Cl)cnn(CC3CC3)c2=O)CC1. The Morgan fingerprint density at radius 2 is 2.05 bits per heavy atom. The molecule has 0 aromatic carbocycles. The molecule has 0 radical (unpaired) electrons. The Hall–Kier alpha value is -1.07. The third kappa shape index (κ3) is 2.83. The van der Waals surface area contributed by atoms with Crippen LogP contribution < -0.4 is 15.8 Å². The molecule has 0 bridgehead atoms.